The van der Waals surface area contributed by atoms with Crippen molar-refractivity contribution in [2.24, 2.45) is 0 Å². The van der Waals surface area contributed by atoms with Gasteiger partial charge in [-0.1, -0.05) is 11.6 Å². The van der Waals surface area contributed by atoms with Crippen LogP contribution in [0.25, 0.3) is 5.82 Å². The first-order valence-electron chi connectivity index (χ1n) is 9.04. The molecule has 2 aromatic heterocycles. The third-order valence-electron chi connectivity index (χ3n) is 4.11. The monoisotopic (exact) mass is 392 g/mol. The SMILES string of the molecule is Cc1ccn(-c2cc(OC3CCN(C(=O)OC(C)(C)C)CC3)cc(Cl)n2)n1. The summed E-state index contributed by atoms with van der Waals surface area (Å²) in [5.74, 6) is 1.26. The number of nitrogens with zero attached hydrogens (tertiary/aromatic N) is 4. The summed E-state index contributed by atoms with van der Waals surface area (Å²) in [6, 6.07) is 5.41. The molecule has 146 valence electrons. The van der Waals surface area contributed by atoms with Crippen LogP contribution in [0.1, 0.15) is 39.3 Å². The van der Waals surface area contributed by atoms with E-state index >= 15 is 0 Å². The van der Waals surface area contributed by atoms with Gasteiger partial charge in [0.15, 0.2) is 5.82 Å². The number of hydrogen-bond acceptors (Lipinski definition) is 5. The minimum absolute atomic E-state index is 0.00867. The van der Waals surface area contributed by atoms with E-state index in [1.165, 1.54) is 0 Å². The number of carbonyl (C=O) groups is 1. The van der Waals surface area contributed by atoms with Crippen molar-refractivity contribution in [3.8, 4) is 11.6 Å². The van der Waals surface area contributed by atoms with E-state index in [1.807, 2.05) is 46.0 Å². The first kappa shape index (κ1) is 19.5. The molecule has 1 aliphatic heterocycles. The lowest BCUT2D eigenvalue weighted by Gasteiger charge is -2.33. The molecule has 1 fully saturated rings. The van der Waals surface area contributed by atoms with Crippen LogP contribution in [-0.4, -0.2) is 50.6 Å². The lowest BCUT2D eigenvalue weighted by molar-refractivity contribution is 0.0126. The molecule has 27 heavy (non-hydrogen) atoms. The highest BCUT2D eigenvalue weighted by atomic mass is 35.5. The number of amides is 1. The van der Waals surface area contributed by atoms with Crippen LogP contribution in [0.2, 0.25) is 5.15 Å². The maximum atomic E-state index is 12.2. The average Bonchev–Trinajstić information content (AvgIpc) is 3.00. The first-order chi connectivity index (χ1) is 12.7. The molecule has 0 aromatic carbocycles. The number of piperidine rings is 1. The lowest BCUT2D eigenvalue weighted by atomic mass is 10.1. The summed E-state index contributed by atoms with van der Waals surface area (Å²) in [5, 5.41) is 4.70. The van der Waals surface area contributed by atoms with E-state index in [9.17, 15) is 4.79 Å². The van der Waals surface area contributed by atoms with Crippen LogP contribution in [0.5, 0.6) is 5.75 Å². The van der Waals surface area contributed by atoms with E-state index in [2.05, 4.69) is 10.1 Å². The fourth-order valence-electron chi connectivity index (χ4n) is 2.86. The van der Waals surface area contributed by atoms with Gasteiger partial charge in [0.1, 0.15) is 22.6 Å². The summed E-state index contributed by atoms with van der Waals surface area (Å²) < 4.78 is 13.2. The maximum Gasteiger partial charge on any atom is 0.410 e. The Bertz CT molecular complexity index is 808. The van der Waals surface area contributed by atoms with Crippen LogP contribution in [0.15, 0.2) is 24.4 Å². The zero-order valence-electron chi connectivity index (χ0n) is 16.1. The third kappa shape index (κ3) is 5.35. The zero-order chi connectivity index (χ0) is 19.6. The van der Waals surface area contributed by atoms with Gasteiger partial charge < -0.3 is 14.4 Å². The van der Waals surface area contributed by atoms with Crippen molar-refractivity contribution in [1.29, 1.82) is 0 Å². The van der Waals surface area contributed by atoms with E-state index in [4.69, 9.17) is 21.1 Å². The van der Waals surface area contributed by atoms with E-state index in [0.717, 1.165) is 18.5 Å². The van der Waals surface area contributed by atoms with Gasteiger partial charge in [0.2, 0.25) is 0 Å². The molecule has 0 radical (unpaired) electrons. The average molecular weight is 393 g/mol. The predicted octanol–water partition coefficient (Wildman–Crippen LogP) is 4.01. The Hall–Kier alpha value is -2.28. The van der Waals surface area contributed by atoms with Crippen molar-refractivity contribution < 1.29 is 14.3 Å². The molecule has 1 saturated heterocycles. The molecule has 7 nitrogen and oxygen atoms in total. The Balaban J connectivity index is 1.61. The summed E-state index contributed by atoms with van der Waals surface area (Å²) in [6.45, 7) is 8.72. The van der Waals surface area contributed by atoms with Crippen molar-refractivity contribution in [3.63, 3.8) is 0 Å². The van der Waals surface area contributed by atoms with Gasteiger partial charge in [0.25, 0.3) is 0 Å². The van der Waals surface area contributed by atoms with Crippen molar-refractivity contribution in [2.75, 3.05) is 13.1 Å². The second-order valence-corrected chi connectivity index (χ2v) is 8.06. The second-order valence-electron chi connectivity index (χ2n) is 7.67. The fraction of sp³-hybridized carbons (Fsp3) is 0.526. The highest BCUT2D eigenvalue weighted by Crippen LogP contribution is 2.24. The number of halogens is 1. The zero-order valence-corrected chi connectivity index (χ0v) is 16.9. The largest absolute Gasteiger partial charge is 0.490 e. The molecule has 2 aromatic rings. The second kappa shape index (κ2) is 7.76. The number of likely N-dealkylation sites (tertiary alicyclic amines) is 1. The molecule has 8 heteroatoms. The molecule has 3 heterocycles. The molecule has 1 amide bonds. The molecule has 0 atom stereocenters. The molecule has 0 N–H and O–H groups in total. The van der Waals surface area contributed by atoms with Crippen LogP contribution < -0.4 is 4.74 Å². The molecule has 0 unspecified atom stereocenters. The van der Waals surface area contributed by atoms with Crippen LogP contribution in [0.4, 0.5) is 4.79 Å². The standard InChI is InChI=1S/C19H25ClN4O3/c1-13-5-10-24(22-13)17-12-15(11-16(20)21-17)26-14-6-8-23(9-7-14)18(25)27-19(2,3)4/h5,10-12,14H,6-9H2,1-4H3. The Morgan fingerprint density at radius 2 is 1.96 bits per heavy atom. The van der Waals surface area contributed by atoms with Crippen LogP contribution in [-0.2, 0) is 4.74 Å². The first-order valence-corrected chi connectivity index (χ1v) is 9.42. The highest BCUT2D eigenvalue weighted by Gasteiger charge is 2.27. The van der Waals surface area contributed by atoms with E-state index in [-0.39, 0.29) is 12.2 Å². The van der Waals surface area contributed by atoms with Gasteiger partial charge in [-0.25, -0.2) is 14.5 Å². The van der Waals surface area contributed by atoms with E-state index in [0.29, 0.717) is 29.8 Å². The number of ether oxygens (including phenoxy) is 2. The lowest BCUT2D eigenvalue weighted by Crippen LogP contribution is -2.44. The highest BCUT2D eigenvalue weighted by molar-refractivity contribution is 6.29. The molecule has 0 spiro atoms. The summed E-state index contributed by atoms with van der Waals surface area (Å²) in [4.78, 5) is 18.2. The molecule has 0 bridgehead atoms. The molecule has 3 rings (SSSR count). The van der Waals surface area contributed by atoms with Gasteiger partial charge in [-0.3, -0.25) is 0 Å². The maximum absolute atomic E-state index is 12.2. The van der Waals surface area contributed by atoms with Gasteiger partial charge in [0, 0.05) is 44.3 Å². The number of pyridine rings is 1. The summed E-state index contributed by atoms with van der Waals surface area (Å²) in [5.41, 5.74) is 0.410. The summed E-state index contributed by atoms with van der Waals surface area (Å²) in [6.07, 6.45) is 3.03. The van der Waals surface area contributed by atoms with Crippen molar-refractivity contribution in [1.82, 2.24) is 19.7 Å². The quantitative estimate of drug-likeness (QED) is 0.738. The van der Waals surface area contributed by atoms with E-state index in [1.54, 1.807) is 15.6 Å². The summed E-state index contributed by atoms with van der Waals surface area (Å²) >= 11 is 6.15. The minimum atomic E-state index is -0.487. The number of aromatic nitrogens is 3. The van der Waals surface area contributed by atoms with Crippen LogP contribution in [0, 0.1) is 6.92 Å². The smallest absolute Gasteiger partial charge is 0.410 e. The topological polar surface area (TPSA) is 69.5 Å². The van der Waals surface area contributed by atoms with Crippen LogP contribution in [0.3, 0.4) is 0 Å². The molecular formula is C19H25ClN4O3. The Kier molecular flexibility index (Phi) is 5.60. The number of rotatable bonds is 3. The normalized spacial score (nSPS) is 15.7. The van der Waals surface area contributed by atoms with Gasteiger partial charge >= 0.3 is 6.09 Å². The third-order valence-corrected chi connectivity index (χ3v) is 4.30. The van der Waals surface area contributed by atoms with Crippen molar-refractivity contribution >= 4 is 17.7 Å². The van der Waals surface area contributed by atoms with Crippen molar-refractivity contribution in [2.45, 2.75) is 52.2 Å². The van der Waals surface area contributed by atoms with Gasteiger partial charge in [-0.2, -0.15) is 5.10 Å². The molecule has 0 aliphatic carbocycles. The minimum Gasteiger partial charge on any atom is -0.490 e. The van der Waals surface area contributed by atoms with E-state index < -0.39 is 5.60 Å². The number of carbonyl (C=O) groups excluding carboxylic acids is 1. The molecular weight excluding hydrogens is 368 g/mol. The Labute approximate surface area is 164 Å². The van der Waals surface area contributed by atoms with Gasteiger partial charge in [-0.05, 0) is 33.8 Å². The number of aryl methyl sites for hydroxylation is 1. The Morgan fingerprint density at radius 3 is 2.56 bits per heavy atom. The van der Waals surface area contributed by atoms with Gasteiger partial charge in [-0.15, -0.1) is 0 Å². The van der Waals surface area contributed by atoms with Gasteiger partial charge in [0.05, 0.1) is 5.69 Å². The Morgan fingerprint density at radius 1 is 1.26 bits per heavy atom. The van der Waals surface area contributed by atoms with Crippen molar-refractivity contribution in [3.05, 3.63) is 35.2 Å². The van der Waals surface area contributed by atoms with Crippen LogP contribution >= 0.6 is 11.6 Å². The predicted molar refractivity (Wildman–Crippen MR) is 103 cm³/mol. The number of hydrogen-bond donors (Lipinski definition) is 0. The summed E-state index contributed by atoms with van der Waals surface area (Å²) in [7, 11) is 0. The fourth-order valence-corrected chi connectivity index (χ4v) is 3.06. The molecule has 1 aliphatic rings. The molecule has 0 saturated carbocycles.